The van der Waals surface area contributed by atoms with Crippen molar-refractivity contribution in [2.24, 2.45) is 0 Å². The van der Waals surface area contributed by atoms with Crippen molar-refractivity contribution < 1.29 is 18.9 Å². The molecule has 2 atom stereocenters. The summed E-state index contributed by atoms with van der Waals surface area (Å²) in [5.41, 5.74) is 0. The predicted molar refractivity (Wildman–Crippen MR) is 122 cm³/mol. The summed E-state index contributed by atoms with van der Waals surface area (Å²) >= 11 is 0. The maximum Gasteiger partial charge on any atom is 0.172 e. The molecule has 0 aromatic carbocycles. The average Bonchev–Trinajstić information content (AvgIpc) is 2.67. The van der Waals surface area contributed by atoms with Gasteiger partial charge in [0.15, 0.2) is 12.6 Å². The van der Waals surface area contributed by atoms with E-state index in [-0.39, 0.29) is 24.7 Å². The maximum atomic E-state index is 6.09. The van der Waals surface area contributed by atoms with Crippen LogP contribution in [0.15, 0.2) is 0 Å². The van der Waals surface area contributed by atoms with E-state index in [4.69, 9.17) is 18.9 Å². The van der Waals surface area contributed by atoms with Gasteiger partial charge in [0.1, 0.15) is 0 Å². The number of nitrogens with one attached hydrogen (secondary N) is 1. The fourth-order valence-corrected chi connectivity index (χ4v) is 4.23. The normalized spacial score (nSPS) is 14.4. The van der Waals surface area contributed by atoms with Crippen molar-refractivity contribution in [2.45, 2.75) is 103 Å². The van der Waals surface area contributed by atoms with Gasteiger partial charge in [-0.2, -0.15) is 0 Å². The molecule has 0 radical (unpaired) electrons. The molecule has 0 aromatic rings. The van der Waals surface area contributed by atoms with Crippen LogP contribution < -0.4 is 5.32 Å². The fourth-order valence-electron chi connectivity index (χ4n) is 2.99. The van der Waals surface area contributed by atoms with Crippen LogP contribution in [-0.4, -0.2) is 71.6 Å². The van der Waals surface area contributed by atoms with Gasteiger partial charge in [-0.15, -0.1) is 0 Å². The summed E-state index contributed by atoms with van der Waals surface area (Å²) < 4.78 is 24.3. The zero-order valence-electron chi connectivity index (χ0n) is 18.9. The van der Waals surface area contributed by atoms with Gasteiger partial charge in [0.05, 0.1) is 12.1 Å². The molecule has 0 spiro atoms. The van der Waals surface area contributed by atoms with Gasteiger partial charge in [0, 0.05) is 46.9 Å². The van der Waals surface area contributed by atoms with E-state index in [9.17, 15) is 0 Å². The fraction of sp³-hybridized carbons (Fsp3) is 1.00. The molecule has 164 valence electrons. The maximum absolute atomic E-state index is 6.09. The molecule has 0 saturated carbocycles. The zero-order valence-corrected chi connectivity index (χ0v) is 22.9. The Morgan fingerprint density at radius 2 is 0.889 bits per heavy atom. The van der Waals surface area contributed by atoms with Gasteiger partial charge in [-0.3, -0.25) is 0 Å². The molecule has 0 aliphatic carbocycles. The molecule has 0 bridgehead atoms. The minimum absolute atomic E-state index is 0.187. The summed E-state index contributed by atoms with van der Waals surface area (Å²) in [6, 6.07) is 2.83. The molecule has 5 nitrogen and oxygen atoms in total. The van der Waals surface area contributed by atoms with Crippen LogP contribution in [0.5, 0.6) is 0 Å². The Kier molecular flexibility index (Phi) is 19.7. The highest BCUT2D eigenvalue weighted by Gasteiger charge is 2.29. The molecule has 27 heavy (non-hydrogen) atoms. The number of rotatable bonds is 20. The van der Waals surface area contributed by atoms with Crippen molar-refractivity contribution >= 4 is 20.5 Å². The van der Waals surface area contributed by atoms with Crippen molar-refractivity contribution in [3.63, 3.8) is 0 Å². The topological polar surface area (TPSA) is 49.0 Å². The lowest BCUT2D eigenvalue weighted by atomic mass is 10.1. The zero-order chi connectivity index (χ0) is 20.3. The van der Waals surface area contributed by atoms with E-state index in [0.717, 1.165) is 65.0 Å². The van der Waals surface area contributed by atoms with Crippen LogP contribution in [0, 0.1) is 0 Å². The highest BCUT2D eigenvalue weighted by atomic mass is 28.1. The Labute approximate surface area is 174 Å². The molecule has 0 aliphatic rings. The third-order valence-corrected chi connectivity index (χ3v) is 5.38. The first kappa shape index (κ1) is 27.2. The first-order valence-corrected chi connectivity index (χ1v) is 14.2. The van der Waals surface area contributed by atoms with Gasteiger partial charge in [-0.25, -0.2) is 0 Å². The first-order chi connectivity index (χ1) is 13.2. The second-order valence-electron chi connectivity index (χ2n) is 7.18. The van der Waals surface area contributed by atoms with E-state index in [2.05, 4.69) is 33.0 Å². The average molecular weight is 422 g/mol. The highest BCUT2D eigenvalue weighted by molar-refractivity contribution is 6.08. The Balaban J connectivity index is 5.19. The minimum atomic E-state index is -0.187. The molecule has 0 aliphatic heterocycles. The van der Waals surface area contributed by atoms with Gasteiger partial charge in [-0.1, -0.05) is 39.8 Å². The van der Waals surface area contributed by atoms with Crippen molar-refractivity contribution in [1.29, 1.82) is 0 Å². The number of hydrogen-bond donors (Lipinski definition) is 1. The lowest BCUT2D eigenvalue weighted by Crippen LogP contribution is -2.53. The molecule has 0 aromatic heterocycles. The van der Waals surface area contributed by atoms with Crippen LogP contribution in [0.25, 0.3) is 0 Å². The lowest BCUT2D eigenvalue weighted by Gasteiger charge is -2.35. The molecular formula is C20H47NO4Si2. The number of hydrogen-bond acceptors (Lipinski definition) is 5. The van der Waals surface area contributed by atoms with Gasteiger partial charge in [0.2, 0.25) is 0 Å². The quantitative estimate of drug-likeness (QED) is 0.241. The molecule has 0 fully saturated rings. The molecule has 7 heteroatoms. The van der Waals surface area contributed by atoms with Crippen LogP contribution in [0.4, 0.5) is 0 Å². The Bertz CT molecular complexity index is 270. The summed E-state index contributed by atoms with van der Waals surface area (Å²) in [5, 5.41) is 3.84. The van der Waals surface area contributed by atoms with Crippen LogP contribution in [0.2, 0.25) is 12.1 Å². The second kappa shape index (κ2) is 19.5. The molecule has 0 saturated heterocycles. The van der Waals surface area contributed by atoms with Crippen molar-refractivity contribution in [3.8, 4) is 0 Å². The smallest absolute Gasteiger partial charge is 0.172 e. The van der Waals surface area contributed by atoms with E-state index >= 15 is 0 Å². The summed E-state index contributed by atoms with van der Waals surface area (Å²) in [4.78, 5) is 0. The number of ether oxygens (including phenoxy) is 4. The van der Waals surface area contributed by atoms with Crippen molar-refractivity contribution in [2.75, 3.05) is 26.4 Å². The summed E-state index contributed by atoms with van der Waals surface area (Å²) in [6.07, 6.45) is 5.81. The SMILES string of the molecule is CCCOC(OCCC)C(CC[SiH3])NC(CC[SiH3])C(OCCC)OCCC. The van der Waals surface area contributed by atoms with Crippen LogP contribution >= 0.6 is 0 Å². The molecule has 0 amide bonds. The second-order valence-corrected chi connectivity index (χ2v) is 9.18. The van der Waals surface area contributed by atoms with Gasteiger partial charge in [0.25, 0.3) is 0 Å². The summed E-state index contributed by atoms with van der Waals surface area (Å²) in [7, 11) is 2.38. The molecule has 0 rings (SSSR count). The Morgan fingerprint density at radius 3 is 1.11 bits per heavy atom. The molecular weight excluding hydrogens is 374 g/mol. The monoisotopic (exact) mass is 421 g/mol. The third kappa shape index (κ3) is 13.1. The lowest BCUT2D eigenvalue weighted by molar-refractivity contribution is -0.182. The van der Waals surface area contributed by atoms with Crippen LogP contribution in [0.1, 0.15) is 66.2 Å². The summed E-state index contributed by atoms with van der Waals surface area (Å²) in [6.45, 7) is 11.5. The predicted octanol–water partition coefficient (Wildman–Crippen LogP) is 2.02. The van der Waals surface area contributed by atoms with Gasteiger partial charge < -0.3 is 24.3 Å². The molecule has 1 N–H and O–H groups in total. The highest BCUT2D eigenvalue weighted by Crippen LogP contribution is 2.16. The van der Waals surface area contributed by atoms with Gasteiger partial charge >= 0.3 is 0 Å². The van der Waals surface area contributed by atoms with Gasteiger partial charge in [-0.05, 0) is 38.5 Å². The van der Waals surface area contributed by atoms with Crippen molar-refractivity contribution in [3.05, 3.63) is 0 Å². The van der Waals surface area contributed by atoms with E-state index < -0.39 is 0 Å². The Morgan fingerprint density at radius 1 is 0.593 bits per heavy atom. The Hall–Kier alpha value is 0.234. The van der Waals surface area contributed by atoms with Crippen molar-refractivity contribution in [1.82, 2.24) is 5.32 Å². The van der Waals surface area contributed by atoms with E-state index in [0.29, 0.717) is 0 Å². The first-order valence-electron chi connectivity index (χ1n) is 11.4. The van der Waals surface area contributed by atoms with E-state index in [1.54, 1.807) is 0 Å². The third-order valence-electron chi connectivity index (χ3n) is 4.23. The van der Waals surface area contributed by atoms with E-state index in [1.807, 2.05) is 0 Å². The van der Waals surface area contributed by atoms with Crippen LogP contribution in [0.3, 0.4) is 0 Å². The molecule has 0 heterocycles. The standard InChI is InChI=1S/C20H47NO4Si2/c1-5-11-22-19(23-12-6-2)17(9-15-26)21-18(10-16-27)20(24-13-7-3)25-14-8-4/h17-21H,5-16H2,1-4,26-27H3. The van der Waals surface area contributed by atoms with Crippen LogP contribution in [-0.2, 0) is 18.9 Å². The largest absolute Gasteiger partial charge is 0.351 e. The molecule has 2 unspecified atom stereocenters. The minimum Gasteiger partial charge on any atom is -0.351 e. The summed E-state index contributed by atoms with van der Waals surface area (Å²) in [5.74, 6) is 0. The van der Waals surface area contributed by atoms with E-state index in [1.165, 1.54) is 32.6 Å².